The summed E-state index contributed by atoms with van der Waals surface area (Å²) >= 11 is 0. The average molecular weight is 218 g/mol. The molecule has 0 fully saturated rings. The van der Waals surface area contributed by atoms with E-state index in [4.69, 9.17) is 36.8 Å². The molecule has 11 heavy (non-hydrogen) atoms. The number of rotatable bonds is 0. The van der Waals surface area contributed by atoms with Crippen molar-refractivity contribution < 1.29 is 66.3 Å². The summed E-state index contributed by atoms with van der Waals surface area (Å²) in [6, 6.07) is 0. The molecular weight excluding hydrogens is 214 g/mol. The number of phosphoric acid groups is 1. The molecule has 0 spiro atoms. The smallest absolute Gasteiger partial charge is 0.756 e. The molecule has 0 aromatic rings. The molecule has 0 radical (unpaired) electrons. The Morgan fingerprint density at radius 1 is 1.18 bits per heavy atom. The molecule has 0 unspecified atom stereocenters. The molecule has 0 rings (SSSR count). The summed E-state index contributed by atoms with van der Waals surface area (Å²) in [4.78, 5) is 22.9. The fraction of sp³-hybridized carbons (Fsp3) is 0. The van der Waals surface area contributed by atoms with Crippen molar-refractivity contribution in [2.24, 2.45) is 0 Å². The van der Waals surface area contributed by atoms with Crippen molar-refractivity contribution in [1.82, 2.24) is 0 Å². The Bertz CT molecular complexity index is 192. The maximum absolute atomic E-state index is 8.77. The van der Waals surface area contributed by atoms with Crippen LogP contribution in [0.2, 0.25) is 0 Å². The van der Waals surface area contributed by atoms with Crippen LogP contribution in [0.25, 0.3) is 0 Å². The van der Waals surface area contributed by atoms with E-state index < -0.39 is 18.2 Å². The first-order chi connectivity index (χ1) is 4.00. The molecule has 0 aliphatic rings. The van der Waals surface area contributed by atoms with E-state index in [1.807, 2.05) is 0 Å². The van der Waals surface area contributed by atoms with Gasteiger partial charge in [-0.05, 0) is 0 Å². The van der Waals surface area contributed by atoms with Crippen molar-refractivity contribution in [3.8, 4) is 0 Å². The van der Waals surface area contributed by atoms with Crippen molar-refractivity contribution in [3.05, 3.63) is 0 Å². The van der Waals surface area contributed by atoms with Crippen LogP contribution in [0, 0.1) is 0 Å². The monoisotopic (exact) mass is 218 g/mol. The summed E-state index contributed by atoms with van der Waals surface area (Å²) in [5.41, 5.74) is 0. The van der Waals surface area contributed by atoms with Crippen LogP contribution in [0.4, 0.5) is 0 Å². The molecule has 64 valence electrons. The second kappa shape index (κ2) is 6.49. The third-order valence-corrected chi connectivity index (χ3v) is 0. The molecule has 0 amide bonds. The molecule has 0 aromatic heterocycles. The largest absolute Gasteiger partial charge is 1.00 e. The van der Waals surface area contributed by atoms with E-state index in [0.29, 0.717) is 0 Å². The minimum absolute atomic E-state index is 0. The van der Waals surface area contributed by atoms with Gasteiger partial charge in [0.15, 0.2) is 0 Å². The normalized spacial score (nSPS) is 10.6. The van der Waals surface area contributed by atoms with Gasteiger partial charge in [0.25, 0.3) is 7.82 Å². The van der Waals surface area contributed by atoms with E-state index in [2.05, 4.69) is 0 Å². The standard InChI is InChI=1S/Na.H3O4P.H2O4S/c;2*1-5(2,3)4/h;(H3,1,2,3,4);(H2,1,2,3,4)/q+1;;/p-1. The van der Waals surface area contributed by atoms with E-state index in [1.54, 1.807) is 0 Å². The first-order valence-corrected chi connectivity index (χ1v) is 4.39. The van der Waals surface area contributed by atoms with Crippen molar-refractivity contribution in [2.45, 2.75) is 0 Å². The summed E-state index contributed by atoms with van der Waals surface area (Å²) < 4.78 is 40.4. The molecule has 0 bridgehead atoms. The van der Waals surface area contributed by atoms with Gasteiger partial charge in [0, 0.05) is 0 Å². The zero-order valence-electron chi connectivity index (χ0n) is 5.28. The zero-order valence-corrected chi connectivity index (χ0v) is 8.99. The van der Waals surface area contributed by atoms with E-state index in [9.17, 15) is 0 Å². The molecule has 0 aromatic carbocycles. The summed E-state index contributed by atoms with van der Waals surface area (Å²) in [5, 5.41) is 0. The zero-order chi connectivity index (χ0) is 9.00. The topological polar surface area (TPSA) is 155 Å². The Hall–Kier alpha value is 0.980. The van der Waals surface area contributed by atoms with Crippen molar-refractivity contribution in [3.63, 3.8) is 0 Å². The van der Waals surface area contributed by atoms with Gasteiger partial charge >= 0.3 is 40.0 Å². The molecule has 0 aliphatic heterocycles. The van der Waals surface area contributed by atoms with E-state index in [0.717, 1.165) is 0 Å². The van der Waals surface area contributed by atoms with Crippen LogP contribution in [-0.4, -0.2) is 27.3 Å². The van der Waals surface area contributed by atoms with Crippen LogP contribution in [-0.2, 0) is 15.0 Å². The van der Waals surface area contributed by atoms with Crippen LogP contribution in [0.15, 0.2) is 0 Å². The Labute approximate surface area is 84.4 Å². The summed E-state index contributed by atoms with van der Waals surface area (Å²) in [6.45, 7) is 0. The Morgan fingerprint density at radius 2 is 1.18 bits per heavy atom. The number of hydrogen-bond acceptors (Lipinski definition) is 4. The second-order valence-corrected chi connectivity index (χ2v) is 2.82. The van der Waals surface area contributed by atoms with E-state index in [1.165, 1.54) is 0 Å². The molecule has 0 saturated carbocycles. The van der Waals surface area contributed by atoms with Gasteiger partial charge in [0.05, 0.1) is 0 Å². The molecule has 11 heteroatoms. The average Bonchev–Trinajstić information content (AvgIpc) is 1.12. The Kier molecular flexibility index (Phi) is 10.6. The fourth-order valence-corrected chi connectivity index (χ4v) is 0. The van der Waals surface area contributed by atoms with Crippen molar-refractivity contribution in [1.29, 1.82) is 0 Å². The van der Waals surface area contributed by atoms with Gasteiger partial charge in [-0.15, -0.1) is 0 Å². The van der Waals surface area contributed by atoms with E-state index in [-0.39, 0.29) is 29.6 Å². The summed E-state index contributed by atoms with van der Waals surface area (Å²) in [5.74, 6) is 0. The van der Waals surface area contributed by atoms with Gasteiger partial charge in [-0.2, -0.15) is 8.42 Å². The molecule has 0 atom stereocenters. The fourth-order valence-electron chi connectivity index (χ4n) is 0. The van der Waals surface area contributed by atoms with E-state index >= 15 is 0 Å². The van der Waals surface area contributed by atoms with Gasteiger partial charge in [-0.25, -0.2) is 0 Å². The van der Waals surface area contributed by atoms with Crippen LogP contribution in [0.1, 0.15) is 0 Å². The number of hydrogen-bond donors (Lipinski definition) is 4. The van der Waals surface area contributed by atoms with Crippen molar-refractivity contribution >= 4 is 18.2 Å². The first-order valence-electron chi connectivity index (χ1n) is 1.46. The molecule has 0 heterocycles. The maximum Gasteiger partial charge on any atom is 1.00 e. The predicted molar refractivity (Wildman–Crippen MR) is 26.2 cm³/mol. The second-order valence-electron chi connectivity index (χ2n) is 0.938. The third-order valence-electron chi connectivity index (χ3n) is 0. The van der Waals surface area contributed by atoms with Gasteiger partial charge in [-0.1, -0.05) is 0 Å². The van der Waals surface area contributed by atoms with Gasteiger partial charge in [0.2, 0.25) is 0 Å². The van der Waals surface area contributed by atoms with Crippen LogP contribution in [0.3, 0.4) is 0 Å². The predicted octanol–water partition coefficient (Wildman–Crippen LogP) is -5.21. The Balaban J connectivity index is -0.000000107. The molecule has 0 aliphatic carbocycles. The van der Waals surface area contributed by atoms with Gasteiger partial charge < -0.3 is 14.7 Å². The van der Waals surface area contributed by atoms with Gasteiger partial charge in [0.1, 0.15) is 0 Å². The van der Waals surface area contributed by atoms with Crippen LogP contribution < -0.4 is 34.5 Å². The minimum Gasteiger partial charge on any atom is -0.756 e. The maximum atomic E-state index is 8.77. The van der Waals surface area contributed by atoms with Crippen LogP contribution >= 0.6 is 7.82 Å². The molecular formula is H4NaO8PS. The summed E-state index contributed by atoms with van der Waals surface area (Å²) in [7, 11) is -9.56. The minimum atomic E-state index is -4.89. The van der Waals surface area contributed by atoms with Gasteiger partial charge in [-0.3, -0.25) is 13.7 Å². The molecule has 0 saturated heterocycles. The van der Waals surface area contributed by atoms with Crippen molar-refractivity contribution in [2.75, 3.05) is 0 Å². The summed E-state index contributed by atoms with van der Waals surface area (Å²) in [6.07, 6.45) is 0. The molecule has 8 nitrogen and oxygen atoms in total. The van der Waals surface area contributed by atoms with Crippen LogP contribution in [0.5, 0.6) is 0 Å². The quantitative estimate of drug-likeness (QED) is 0.178. The first kappa shape index (κ1) is 17.9. The third kappa shape index (κ3) is 922. The SMILES string of the molecule is O=P([O-])(O)O.O=S(=O)(O)O.[Na+]. The molecule has 4 N–H and O–H groups in total. The Morgan fingerprint density at radius 3 is 1.18 bits per heavy atom.